The largest absolute Gasteiger partial charge is 0.462 e. The van der Waals surface area contributed by atoms with Crippen LogP contribution in [0, 0.1) is 29.6 Å². The first-order valence-corrected chi connectivity index (χ1v) is 22.3. The number of benzene rings is 2. The van der Waals surface area contributed by atoms with Gasteiger partial charge < -0.3 is 44.0 Å². The van der Waals surface area contributed by atoms with Gasteiger partial charge in [-0.15, -0.1) is 0 Å². The van der Waals surface area contributed by atoms with E-state index in [0.717, 1.165) is 67.3 Å². The average molecular weight is 858 g/mol. The third kappa shape index (κ3) is 10.5. The summed E-state index contributed by atoms with van der Waals surface area (Å²) in [6.07, 6.45) is 7.44. The zero-order valence-electron chi connectivity index (χ0n) is 35.6. The molecule has 15 heteroatoms. The minimum atomic E-state index is -0.893. The third-order valence-corrected chi connectivity index (χ3v) is 13.0. The van der Waals surface area contributed by atoms with Gasteiger partial charge >= 0.3 is 5.97 Å². The molecule has 334 valence electrons. The van der Waals surface area contributed by atoms with Gasteiger partial charge in [0.1, 0.15) is 6.10 Å². The Morgan fingerprint density at radius 2 is 1.39 bits per heavy atom. The second-order valence-electron chi connectivity index (χ2n) is 17.5. The fourth-order valence-corrected chi connectivity index (χ4v) is 10.5. The topological polar surface area (TPSA) is 169 Å². The van der Waals surface area contributed by atoms with Gasteiger partial charge in [-0.1, -0.05) is 42.2 Å². The lowest BCUT2D eigenvalue weighted by atomic mass is 9.50. The molecule has 5 aliphatic carbocycles. The first kappa shape index (κ1) is 44.2. The highest BCUT2D eigenvalue weighted by Gasteiger charge is 2.70. The highest BCUT2D eigenvalue weighted by molar-refractivity contribution is 5.98. The maximum Gasteiger partial charge on any atom is 0.302 e. The molecule has 3 amide bonds. The van der Waals surface area contributed by atoms with Crippen LogP contribution >= 0.6 is 0 Å². The van der Waals surface area contributed by atoms with E-state index < -0.39 is 11.6 Å². The molecule has 5 saturated carbocycles. The predicted octanol–water partition coefficient (Wildman–Crippen LogP) is 4.47. The van der Waals surface area contributed by atoms with E-state index in [-0.39, 0.29) is 73.2 Å². The van der Waals surface area contributed by atoms with Crippen molar-refractivity contribution in [1.82, 2.24) is 10.6 Å². The number of carbonyl (C=O) groups excluding carboxylic acids is 4. The van der Waals surface area contributed by atoms with Crippen molar-refractivity contribution in [3.63, 3.8) is 0 Å². The van der Waals surface area contributed by atoms with Crippen LogP contribution in [0.25, 0.3) is 0 Å². The van der Waals surface area contributed by atoms with Crippen LogP contribution in [0.5, 0.6) is 0 Å². The fourth-order valence-electron chi connectivity index (χ4n) is 10.5. The molecule has 9 rings (SSSR count). The van der Waals surface area contributed by atoms with Crippen LogP contribution in [0.3, 0.4) is 0 Å². The number of nitrogens with one attached hydrogen (secondary N) is 2. The molecule has 2 spiro atoms. The molecule has 1 saturated heterocycles. The smallest absolute Gasteiger partial charge is 0.302 e. The van der Waals surface area contributed by atoms with Crippen LogP contribution < -0.4 is 15.5 Å². The SMILES string of the molecule is CC(=O)OC1CCC[C@]2(C1)OOC1(O2)C2CC3CC1CC(NC(=O)CCOCCOCCOCCOCCC(=O)NCC(=O)N1Cc4ccccc4C#Cc4ccccc41)(C3)C2. The number of rotatable bonds is 19. The molecule has 0 radical (unpaired) electrons. The number of para-hydroxylation sites is 1. The molecule has 6 fully saturated rings. The quantitative estimate of drug-likeness (QED) is 0.0882. The number of esters is 1. The highest BCUT2D eigenvalue weighted by atomic mass is 17.3. The molecular formula is C47H59N3O12. The molecule has 62 heavy (non-hydrogen) atoms. The van der Waals surface area contributed by atoms with Crippen molar-refractivity contribution in [2.75, 3.05) is 64.3 Å². The minimum Gasteiger partial charge on any atom is -0.462 e. The van der Waals surface area contributed by atoms with Crippen molar-refractivity contribution in [2.24, 2.45) is 17.8 Å². The van der Waals surface area contributed by atoms with Gasteiger partial charge in [0, 0.05) is 61.1 Å². The maximum absolute atomic E-state index is 13.3. The van der Waals surface area contributed by atoms with Crippen molar-refractivity contribution >= 4 is 29.4 Å². The minimum absolute atomic E-state index is 0.0152. The lowest BCUT2D eigenvalue weighted by Crippen LogP contribution is -2.69. The molecule has 2 N–H and O–H groups in total. The van der Waals surface area contributed by atoms with Gasteiger partial charge in [0.25, 0.3) is 0 Å². The Morgan fingerprint density at radius 1 is 0.758 bits per heavy atom. The Morgan fingerprint density at radius 3 is 2.10 bits per heavy atom. The molecule has 2 aromatic rings. The van der Waals surface area contributed by atoms with E-state index in [2.05, 4.69) is 22.5 Å². The number of amides is 3. The number of fused-ring (bicyclic) bond motifs is 2. The van der Waals surface area contributed by atoms with Gasteiger partial charge in [-0.05, 0) is 74.6 Å². The van der Waals surface area contributed by atoms with Crippen LogP contribution in [0.15, 0.2) is 48.5 Å². The summed E-state index contributed by atoms with van der Waals surface area (Å²) in [5.74, 6) is 4.60. The fraction of sp³-hybridized carbons (Fsp3) is 0.617. The number of carbonyl (C=O) groups is 4. The summed E-state index contributed by atoms with van der Waals surface area (Å²) in [4.78, 5) is 64.4. The van der Waals surface area contributed by atoms with E-state index in [1.807, 2.05) is 48.5 Å². The Balaban J connectivity index is 0.637. The lowest BCUT2D eigenvalue weighted by Gasteiger charge is -2.62. The van der Waals surface area contributed by atoms with E-state index in [1.54, 1.807) is 4.90 Å². The zero-order chi connectivity index (χ0) is 43.0. The summed E-state index contributed by atoms with van der Waals surface area (Å²) in [7, 11) is 0. The van der Waals surface area contributed by atoms with Gasteiger partial charge in [-0.2, -0.15) is 9.78 Å². The Hall–Kier alpha value is -4.40. The number of ether oxygens (including phenoxy) is 6. The Labute approximate surface area is 363 Å². The van der Waals surface area contributed by atoms with Gasteiger partial charge in [0.15, 0.2) is 0 Å². The summed E-state index contributed by atoms with van der Waals surface area (Å²) in [5.41, 5.74) is 3.02. The Kier molecular flexibility index (Phi) is 14.2. The molecule has 3 unspecified atom stereocenters. The number of hydrogen-bond donors (Lipinski definition) is 2. The second-order valence-corrected chi connectivity index (χ2v) is 17.5. The average Bonchev–Trinajstić information content (AvgIpc) is 3.60. The van der Waals surface area contributed by atoms with Crippen LogP contribution in [0.2, 0.25) is 0 Å². The van der Waals surface area contributed by atoms with E-state index >= 15 is 0 Å². The molecule has 15 nitrogen and oxygen atoms in total. The van der Waals surface area contributed by atoms with Crippen LogP contribution in [0.1, 0.15) is 94.2 Å². The molecule has 4 bridgehead atoms. The standard InChI is InChI=1S/C47H59N3O12/c1-33(51)59-40-10-6-16-46(30-40)60-47(62-61-46)38-25-34-26-39(47)29-45(27-34,28-38)49-43(53)15-18-56-20-22-58-24-23-57-21-19-55-17-14-42(52)48-31-44(54)50-32-37-9-3-2-7-35(37)12-13-36-8-4-5-11-41(36)50/h2-5,7-9,11,34,38-40H,6,10,14-32H2,1H3,(H,48,52)(H,49,53)/t34?,38?,39?,40?,45?,46-,47?/m1/s1. The number of nitrogens with zero attached hydrogens (tertiary/aromatic N) is 1. The summed E-state index contributed by atoms with van der Waals surface area (Å²) in [6, 6.07) is 15.3. The maximum atomic E-state index is 13.3. The van der Waals surface area contributed by atoms with Gasteiger partial charge in [0.2, 0.25) is 29.3 Å². The monoisotopic (exact) mass is 857 g/mol. The van der Waals surface area contributed by atoms with E-state index in [1.165, 1.54) is 6.92 Å². The summed E-state index contributed by atoms with van der Waals surface area (Å²) < 4.78 is 34.7. The second kappa shape index (κ2) is 20.0. The van der Waals surface area contributed by atoms with Crippen LogP contribution in [-0.4, -0.2) is 106 Å². The van der Waals surface area contributed by atoms with Crippen LogP contribution in [-0.2, 0) is 63.9 Å². The third-order valence-electron chi connectivity index (χ3n) is 13.0. The molecule has 2 heterocycles. The van der Waals surface area contributed by atoms with Gasteiger partial charge in [-0.3, -0.25) is 19.2 Å². The van der Waals surface area contributed by atoms with Crippen molar-refractivity contribution in [3.8, 4) is 11.8 Å². The zero-order valence-corrected chi connectivity index (χ0v) is 35.6. The molecule has 0 aromatic heterocycles. The highest BCUT2D eigenvalue weighted by Crippen LogP contribution is 2.65. The molecule has 2 aliphatic heterocycles. The summed E-state index contributed by atoms with van der Waals surface area (Å²) in [6.45, 7) is 4.36. The van der Waals surface area contributed by atoms with E-state index in [4.69, 9.17) is 38.2 Å². The van der Waals surface area contributed by atoms with Crippen molar-refractivity contribution < 1.29 is 57.4 Å². The van der Waals surface area contributed by atoms with Gasteiger partial charge in [-0.25, -0.2) is 0 Å². The Bertz CT molecular complexity index is 1980. The van der Waals surface area contributed by atoms with Crippen molar-refractivity contribution in [1.29, 1.82) is 0 Å². The van der Waals surface area contributed by atoms with Crippen LogP contribution in [0.4, 0.5) is 5.69 Å². The normalized spacial score (nSPS) is 29.0. The molecular weight excluding hydrogens is 799 g/mol. The van der Waals surface area contributed by atoms with E-state index in [0.29, 0.717) is 71.6 Å². The first-order chi connectivity index (χ1) is 30.1. The predicted molar refractivity (Wildman–Crippen MR) is 223 cm³/mol. The van der Waals surface area contributed by atoms with Crippen molar-refractivity contribution in [3.05, 3.63) is 65.2 Å². The van der Waals surface area contributed by atoms with Crippen molar-refractivity contribution in [2.45, 2.75) is 107 Å². The number of hydrogen-bond acceptors (Lipinski definition) is 12. The molecule has 4 atom stereocenters. The summed E-state index contributed by atoms with van der Waals surface area (Å²) >= 11 is 0. The number of anilines is 1. The molecule has 2 aromatic carbocycles. The lowest BCUT2D eigenvalue weighted by molar-refractivity contribution is -0.392. The molecule has 7 aliphatic rings. The summed E-state index contributed by atoms with van der Waals surface area (Å²) in [5, 5.41) is 6.11. The van der Waals surface area contributed by atoms with E-state index in [9.17, 15) is 19.2 Å². The van der Waals surface area contributed by atoms with Gasteiger partial charge in [0.05, 0.1) is 71.6 Å². The first-order valence-electron chi connectivity index (χ1n) is 22.3.